The van der Waals surface area contributed by atoms with Gasteiger partial charge in [0, 0.05) is 32.4 Å². The van der Waals surface area contributed by atoms with E-state index in [0.717, 1.165) is 22.4 Å². The van der Waals surface area contributed by atoms with Crippen LogP contribution in [0.3, 0.4) is 0 Å². The normalized spacial score (nSPS) is 16.9. The molecule has 0 spiro atoms. The maximum atomic E-state index is 10.8. The molecule has 3 heterocycles. The van der Waals surface area contributed by atoms with Crippen LogP contribution in [0.1, 0.15) is 5.56 Å². The molecule has 0 radical (unpaired) electrons. The Bertz CT molecular complexity index is 945. The molecule has 0 aliphatic carbocycles. The largest absolute Gasteiger partial charge is 0.465 e. The molecule has 1 aliphatic rings. The van der Waals surface area contributed by atoms with Crippen LogP contribution in [0.2, 0.25) is 0 Å². The molecule has 0 bridgehead atoms. The summed E-state index contributed by atoms with van der Waals surface area (Å²) in [5, 5.41) is 15.4. The summed E-state index contributed by atoms with van der Waals surface area (Å²) in [5.41, 5.74) is 1.90. The van der Waals surface area contributed by atoms with Crippen molar-refractivity contribution < 1.29 is 14.6 Å². The summed E-state index contributed by atoms with van der Waals surface area (Å²) < 4.78 is 5.67. The van der Waals surface area contributed by atoms with Gasteiger partial charge in [-0.05, 0) is 11.6 Å². The summed E-state index contributed by atoms with van der Waals surface area (Å²) in [5.74, 6) is 1.35. The second-order valence-electron chi connectivity index (χ2n) is 6.57. The molecule has 4 N–H and O–H groups in total. The van der Waals surface area contributed by atoms with E-state index in [-0.39, 0.29) is 12.6 Å². The third-order valence-corrected chi connectivity index (χ3v) is 4.61. The number of amides is 1. The summed E-state index contributed by atoms with van der Waals surface area (Å²) >= 11 is 0. The minimum absolute atomic E-state index is 0.227. The first-order valence-corrected chi connectivity index (χ1v) is 9.15. The summed E-state index contributed by atoms with van der Waals surface area (Å²) in [4.78, 5) is 25.3. The van der Waals surface area contributed by atoms with E-state index < -0.39 is 6.09 Å². The lowest BCUT2D eigenvalue weighted by Crippen LogP contribution is -2.47. The molecule has 9 nitrogen and oxygen atoms in total. The van der Waals surface area contributed by atoms with Gasteiger partial charge in [0.05, 0.1) is 18.1 Å². The Morgan fingerprint density at radius 2 is 2.14 bits per heavy atom. The maximum absolute atomic E-state index is 10.8. The van der Waals surface area contributed by atoms with Crippen molar-refractivity contribution in [2.75, 3.05) is 36.5 Å². The molecule has 1 aliphatic heterocycles. The first-order valence-electron chi connectivity index (χ1n) is 9.15. The van der Waals surface area contributed by atoms with Gasteiger partial charge in [-0.3, -0.25) is 0 Å². The van der Waals surface area contributed by atoms with Crippen molar-refractivity contribution in [2.45, 2.75) is 12.6 Å². The van der Waals surface area contributed by atoms with Crippen molar-refractivity contribution in [1.29, 1.82) is 0 Å². The van der Waals surface area contributed by atoms with Crippen molar-refractivity contribution in [1.82, 2.24) is 20.3 Å². The number of anilines is 2. The fourth-order valence-corrected chi connectivity index (χ4v) is 3.26. The van der Waals surface area contributed by atoms with Gasteiger partial charge in [0.2, 0.25) is 5.95 Å². The van der Waals surface area contributed by atoms with E-state index in [4.69, 9.17) is 14.8 Å². The van der Waals surface area contributed by atoms with Crippen LogP contribution in [0.15, 0.2) is 42.6 Å². The zero-order chi connectivity index (χ0) is 19.3. The Morgan fingerprint density at radius 1 is 1.29 bits per heavy atom. The number of fused-ring (bicyclic) bond motifs is 1. The number of aromatic amines is 1. The molecule has 1 amide bonds. The zero-order valence-corrected chi connectivity index (χ0v) is 15.3. The minimum Gasteiger partial charge on any atom is -0.465 e. The lowest BCUT2D eigenvalue weighted by Gasteiger charge is -2.34. The third kappa shape index (κ3) is 4.15. The highest BCUT2D eigenvalue weighted by molar-refractivity contribution is 5.88. The minimum atomic E-state index is -1.05. The van der Waals surface area contributed by atoms with Crippen LogP contribution < -0.4 is 15.5 Å². The fraction of sp³-hybridized carbons (Fsp3) is 0.316. The van der Waals surface area contributed by atoms with Crippen molar-refractivity contribution in [2.24, 2.45) is 0 Å². The Kier molecular flexibility index (Phi) is 5.24. The van der Waals surface area contributed by atoms with Crippen molar-refractivity contribution in [3.63, 3.8) is 0 Å². The summed E-state index contributed by atoms with van der Waals surface area (Å²) in [7, 11) is 0. The molecule has 1 fully saturated rings. The van der Waals surface area contributed by atoms with Crippen molar-refractivity contribution >= 4 is 28.9 Å². The number of nitrogens with zero attached hydrogens (tertiary/aromatic N) is 3. The van der Waals surface area contributed by atoms with E-state index in [1.807, 2.05) is 42.6 Å². The van der Waals surface area contributed by atoms with E-state index in [1.54, 1.807) is 0 Å². The van der Waals surface area contributed by atoms with Crippen molar-refractivity contribution in [3.8, 4) is 0 Å². The molecular formula is C19H22N6O3. The van der Waals surface area contributed by atoms with Gasteiger partial charge in [0.1, 0.15) is 11.5 Å². The number of carbonyl (C=O) groups is 1. The number of ether oxygens (including phenoxy) is 1. The number of hydrogen-bond donors (Lipinski definition) is 4. The summed E-state index contributed by atoms with van der Waals surface area (Å²) in [6, 6.07) is 12.0. The van der Waals surface area contributed by atoms with Gasteiger partial charge in [0.25, 0.3) is 0 Å². The lowest BCUT2D eigenvalue weighted by atomic mass is 10.2. The Hall–Kier alpha value is -3.33. The third-order valence-electron chi connectivity index (χ3n) is 4.61. The van der Waals surface area contributed by atoms with Crippen LogP contribution >= 0.6 is 0 Å². The molecule has 2 aromatic heterocycles. The first-order chi connectivity index (χ1) is 13.7. The molecule has 1 unspecified atom stereocenters. The van der Waals surface area contributed by atoms with Gasteiger partial charge in [-0.25, -0.2) is 4.79 Å². The van der Waals surface area contributed by atoms with Crippen LogP contribution in [0.25, 0.3) is 11.0 Å². The Morgan fingerprint density at radius 3 is 2.96 bits per heavy atom. The molecule has 4 rings (SSSR count). The number of morpholine rings is 1. The maximum Gasteiger partial charge on any atom is 0.404 e. The molecule has 1 aromatic carbocycles. The topological polar surface area (TPSA) is 115 Å². The molecule has 28 heavy (non-hydrogen) atoms. The number of benzene rings is 1. The first kappa shape index (κ1) is 18.1. The second-order valence-corrected chi connectivity index (χ2v) is 6.57. The van der Waals surface area contributed by atoms with Gasteiger partial charge in [-0.15, -0.1) is 0 Å². The molecule has 3 aromatic rings. The molecular weight excluding hydrogens is 360 g/mol. The molecule has 1 atom stereocenters. The number of hydrogen-bond acceptors (Lipinski definition) is 6. The average molecular weight is 382 g/mol. The van der Waals surface area contributed by atoms with Gasteiger partial charge >= 0.3 is 6.09 Å². The zero-order valence-electron chi connectivity index (χ0n) is 15.3. The highest BCUT2D eigenvalue weighted by atomic mass is 16.5. The second kappa shape index (κ2) is 8.13. The SMILES string of the molecule is O=C(O)NCC1CN(c2nc(NCc3ccccc3)nc3[nH]ccc23)CCO1. The van der Waals surface area contributed by atoms with E-state index in [9.17, 15) is 4.79 Å². The predicted molar refractivity (Wildman–Crippen MR) is 106 cm³/mol. The predicted octanol–water partition coefficient (Wildman–Crippen LogP) is 2.04. The monoisotopic (exact) mass is 382 g/mol. The van der Waals surface area contributed by atoms with Crippen LogP contribution in [0, 0.1) is 0 Å². The summed E-state index contributed by atoms with van der Waals surface area (Å²) in [6.45, 7) is 2.61. The molecule has 9 heteroatoms. The van der Waals surface area contributed by atoms with Gasteiger partial charge < -0.3 is 30.4 Å². The van der Waals surface area contributed by atoms with E-state index in [1.165, 1.54) is 0 Å². The highest BCUT2D eigenvalue weighted by Gasteiger charge is 2.24. The van der Waals surface area contributed by atoms with Gasteiger partial charge in [0.15, 0.2) is 0 Å². The molecule has 0 saturated carbocycles. The summed E-state index contributed by atoms with van der Waals surface area (Å²) in [6.07, 6.45) is 0.561. The number of rotatable bonds is 6. The van der Waals surface area contributed by atoms with E-state index in [2.05, 4.69) is 25.5 Å². The van der Waals surface area contributed by atoms with E-state index in [0.29, 0.717) is 32.2 Å². The van der Waals surface area contributed by atoms with Crippen LogP contribution in [-0.4, -0.2) is 58.5 Å². The van der Waals surface area contributed by atoms with Crippen LogP contribution in [-0.2, 0) is 11.3 Å². The Labute approximate surface area is 161 Å². The van der Waals surface area contributed by atoms with Gasteiger partial charge in [-0.1, -0.05) is 30.3 Å². The number of aromatic nitrogens is 3. The standard InChI is InChI=1S/C19H22N6O3/c26-19(27)22-11-14-12-25(8-9-28-14)17-15-6-7-20-16(15)23-18(24-17)21-10-13-4-2-1-3-5-13/h1-7,14,22H,8-12H2,(H,26,27)(H2,20,21,23,24). The van der Waals surface area contributed by atoms with E-state index >= 15 is 0 Å². The van der Waals surface area contributed by atoms with Gasteiger partial charge in [-0.2, -0.15) is 9.97 Å². The number of nitrogens with one attached hydrogen (secondary N) is 3. The quantitative estimate of drug-likeness (QED) is 0.516. The fourth-order valence-electron chi connectivity index (χ4n) is 3.26. The smallest absolute Gasteiger partial charge is 0.404 e. The molecule has 1 saturated heterocycles. The van der Waals surface area contributed by atoms with Crippen LogP contribution in [0.4, 0.5) is 16.6 Å². The average Bonchev–Trinajstić information content (AvgIpc) is 3.20. The molecule has 146 valence electrons. The lowest BCUT2D eigenvalue weighted by molar-refractivity contribution is 0.0409. The Balaban J connectivity index is 1.54. The van der Waals surface area contributed by atoms with Crippen molar-refractivity contribution in [3.05, 3.63) is 48.2 Å². The highest BCUT2D eigenvalue weighted by Crippen LogP contribution is 2.26. The van der Waals surface area contributed by atoms with Crippen LogP contribution in [0.5, 0.6) is 0 Å². The number of H-pyrrole nitrogens is 1. The number of carboxylic acid groups (broad SMARTS) is 1.